The van der Waals surface area contributed by atoms with Crippen LogP contribution in [0.3, 0.4) is 0 Å². The molecular weight excluding hydrogens is 422 g/mol. The lowest BCUT2D eigenvalue weighted by molar-refractivity contribution is -0.117. The summed E-state index contributed by atoms with van der Waals surface area (Å²) in [6, 6.07) is 17.2. The molecule has 0 spiro atoms. The van der Waals surface area contributed by atoms with Gasteiger partial charge >= 0.3 is 0 Å². The lowest BCUT2D eigenvalue weighted by atomic mass is 9.95. The van der Waals surface area contributed by atoms with Crippen molar-refractivity contribution < 1.29 is 13.9 Å². The zero-order valence-corrected chi connectivity index (χ0v) is 20.1. The topological polar surface area (TPSA) is 51.5 Å². The fraction of sp³-hybridized carbons (Fsp3) is 0.300. The molecule has 0 aliphatic heterocycles. The Morgan fingerprint density at radius 3 is 2.65 bits per heavy atom. The van der Waals surface area contributed by atoms with Crippen LogP contribution in [-0.4, -0.2) is 18.6 Å². The molecule has 1 heterocycles. The van der Waals surface area contributed by atoms with E-state index in [1.807, 2.05) is 27.0 Å². The van der Waals surface area contributed by atoms with Gasteiger partial charge in [-0.3, -0.25) is 4.79 Å². The highest BCUT2D eigenvalue weighted by atomic mass is 16.5. The Labute approximate surface area is 200 Å². The van der Waals surface area contributed by atoms with Gasteiger partial charge in [0.1, 0.15) is 11.3 Å². The van der Waals surface area contributed by atoms with E-state index in [0.717, 1.165) is 57.4 Å². The number of nitrogens with one attached hydrogen (secondary N) is 1. The SMILES string of the molecule is CCOc1c(/C(C)=C/C(=O)NC2CCCC2)cc2c(-c3ccc4ccccc4c3)coc2c1C. The minimum atomic E-state index is -0.0356. The van der Waals surface area contributed by atoms with Crippen molar-refractivity contribution in [2.75, 3.05) is 6.61 Å². The molecule has 1 fully saturated rings. The highest BCUT2D eigenvalue weighted by molar-refractivity contribution is 6.02. The highest BCUT2D eigenvalue weighted by Crippen LogP contribution is 2.41. The molecule has 0 radical (unpaired) electrons. The quantitative estimate of drug-likeness (QED) is 0.309. The largest absolute Gasteiger partial charge is 0.493 e. The average molecular weight is 454 g/mol. The Hall–Kier alpha value is -3.53. The van der Waals surface area contributed by atoms with Crippen molar-refractivity contribution in [3.63, 3.8) is 0 Å². The van der Waals surface area contributed by atoms with Crippen molar-refractivity contribution in [3.8, 4) is 16.9 Å². The second-order valence-electron chi connectivity index (χ2n) is 9.22. The van der Waals surface area contributed by atoms with Crippen molar-refractivity contribution >= 4 is 33.2 Å². The van der Waals surface area contributed by atoms with E-state index in [-0.39, 0.29) is 5.91 Å². The standard InChI is InChI=1S/C30H31NO3/c1-4-33-29-20(3)30-26(17-25(29)19(2)15-28(32)31-24-11-7-8-12-24)27(18-34-30)23-14-13-21-9-5-6-10-22(21)16-23/h5-6,9-10,13-18,24H,4,7-8,11-12H2,1-3H3,(H,31,32)/b19-15+. The second-order valence-corrected chi connectivity index (χ2v) is 9.22. The van der Waals surface area contributed by atoms with E-state index in [0.29, 0.717) is 12.6 Å². The van der Waals surface area contributed by atoms with Crippen LogP contribution in [0.5, 0.6) is 5.75 Å². The van der Waals surface area contributed by atoms with Crippen LogP contribution < -0.4 is 10.1 Å². The van der Waals surface area contributed by atoms with Gasteiger partial charge in [-0.2, -0.15) is 0 Å². The van der Waals surface area contributed by atoms with Crippen LogP contribution in [0.2, 0.25) is 0 Å². The predicted molar refractivity (Wildman–Crippen MR) is 139 cm³/mol. The summed E-state index contributed by atoms with van der Waals surface area (Å²) in [7, 11) is 0. The van der Waals surface area contributed by atoms with Gasteiger partial charge in [-0.05, 0) is 67.7 Å². The maximum Gasteiger partial charge on any atom is 0.244 e. The number of carbonyl (C=O) groups is 1. The normalized spacial score (nSPS) is 14.7. The summed E-state index contributed by atoms with van der Waals surface area (Å²) in [5.74, 6) is 0.739. The van der Waals surface area contributed by atoms with E-state index in [1.54, 1.807) is 6.08 Å². The summed E-state index contributed by atoms with van der Waals surface area (Å²) >= 11 is 0. The number of hydrogen-bond acceptors (Lipinski definition) is 3. The zero-order valence-electron chi connectivity index (χ0n) is 20.1. The van der Waals surface area contributed by atoms with E-state index < -0.39 is 0 Å². The minimum absolute atomic E-state index is 0.0356. The molecule has 4 aromatic rings. The predicted octanol–water partition coefficient (Wildman–Crippen LogP) is 7.42. The zero-order chi connectivity index (χ0) is 23.7. The van der Waals surface area contributed by atoms with E-state index in [4.69, 9.17) is 9.15 Å². The summed E-state index contributed by atoms with van der Waals surface area (Å²) in [4.78, 5) is 12.7. The van der Waals surface area contributed by atoms with Gasteiger partial charge in [-0.25, -0.2) is 0 Å². The molecule has 0 unspecified atom stereocenters. The molecule has 1 aliphatic rings. The fourth-order valence-corrected chi connectivity index (χ4v) is 5.11. The van der Waals surface area contributed by atoms with Gasteiger partial charge in [0.2, 0.25) is 5.91 Å². The molecule has 4 heteroatoms. The maximum absolute atomic E-state index is 12.7. The van der Waals surface area contributed by atoms with Gasteiger partial charge in [-0.1, -0.05) is 49.2 Å². The summed E-state index contributed by atoms with van der Waals surface area (Å²) in [6.45, 7) is 6.52. The van der Waals surface area contributed by atoms with E-state index >= 15 is 0 Å². The monoisotopic (exact) mass is 453 g/mol. The molecule has 1 amide bonds. The van der Waals surface area contributed by atoms with Crippen molar-refractivity contribution in [2.24, 2.45) is 0 Å². The summed E-state index contributed by atoms with van der Waals surface area (Å²) in [5, 5.41) is 6.58. The summed E-state index contributed by atoms with van der Waals surface area (Å²) < 4.78 is 12.1. The van der Waals surface area contributed by atoms with Crippen LogP contribution in [0.1, 0.15) is 50.7 Å². The molecule has 174 valence electrons. The van der Waals surface area contributed by atoms with E-state index in [1.165, 1.54) is 23.6 Å². The molecular formula is C30H31NO3. The number of ether oxygens (including phenoxy) is 1. The molecule has 4 nitrogen and oxygen atoms in total. The third-order valence-corrected chi connectivity index (χ3v) is 6.87. The summed E-state index contributed by atoms with van der Waals surface area (Å²) in [5.41, 5.74) is 5.72. The Morgan fingerprint density at radius 1 is 1.12 bits per heavy atom. The van der Waals surface area contributed by atoms with E-state index in [2.05, 4.69) is 53.8 Å². The number of rotatable bonds is 6. The summed E-state index contributed by atoms with van der Waals surface area (Å²) in [6.07, 6.45) is 8.05. The van der Waals surface area contributed by atoms with Crippen LogP contribution in [0.15, 0.2) is 65.3 Å². The first kappa shape index (κ1) is 22.3. The first-order chi connectivity index (χ1) is 16.5. The lowest BCUT2D eigenvalue weighted by Crippen LogP contribution is -2.31. The first-order valence-electron chi connectivity index (χ1n) is 12.2. The number of furan rings is 1. The van der Waals surface area contributed by atoms with Crippen LogP contribution in [0, 0.1) is 6.92 Å². The first-order valence-corrected chi connectivity index (χ1v) is 12.2. The van der Waals surface area contributed by atoms with Gasteiger partial charge in [0.15, 0.2) is 0 Å². The van der Waals surface area contributed by atoms with Gasteiger partial charge in [0.25, 0.3) is 0 Å². The van der Waals surface area contributed by atoms with Crippen LogP contribution >= 0.6 is 0 Å². The molecule has 34 heavy (non-hydrogen) atoms. The van der Waals surface area contributed by atoms with Crippen LogP contribution in [0.4, 0.5) is 0 Å². The molecule has 1 aromatic heterocycles. The molecule has 1 N–H and O–H groups in total. The van der Waals surface area contributed by atoms with Crippen molar-refractivity contribution in [1.29, 1.82) is 0 Å². The van der Waals surface area contributed by atoms with Crippen LogP contribution in [-0.2, 0) is 4.79 Å². The number of carbonyl (C=O) groups excluding carboxylic acids is 1. The second kappa shape index (κ2) is 9.38. The fourth-order valence-electron chi connectivity index (χ4n) is 5.11. The molecule has 5 rings (SSSR count). The Morgan fingerprint density at radius 2 is 1.88 bits per heavy atom. The van der Waals surface area contributed by atoms with E-state index in [9.17, 15) is 4.79 Å². The molecule has 3 aromatic carbocycles. The Bertz CT molecular complexity index is 1390. The minimum Gasteiger partial charge on any atom is -0.493 e. The molecule has 1 aliphatic carbocycles. The molecule has 0 saturated heterocycles. The van der Waals surface area contributed by atoms with Gasteiger partial charge < -0.3 is 14.5 Å². The smallest absolute Gasteiger partial charge is 0.244 e. The molecule has 0 atom stereocenters. The number of aryl methyl sites for hydroxylation is 1. The molecule has 0 bridgehead atoms. The number of hydrogen-bond donors (Lipinski definition) is 1. The number of fused-ring (bicyclic) bond motifs is 2. The highest BCUT2D eigenvalue weighted by Gasteiger charge is 2.20. The van der Waals surface area contributed by atoms with Crippen molar-refractivity contribution in [1.82, 2.24) is 5.32 Å². The lowest BCUT2D eigenvalue weighted by Gasteiger charge is -2.15. The third kappa shape index (κ3) is 4.21. The maximum atomic E-state index is 12.7. The van der Waals surface area contributed by atoms with Gasteiger partial charge in [0.05, 0.1) is 12.9 Å². The van der Waals surface area contributed by atoms with Gasteiger partial charge in [0, 0.05) is 34.2 Å². The van der Waals surface area contributed by atoms with Crippen molar-refractivity contribution in [2.45, 2.75) is 52.5 Å². The third-order valence-electron chi connectivity index (χ3n) is 6.87. The van der Waals surface area contributed by atoms with Crippen molar-refractivity contribution in [3.05, 3.63) is 72.0 Å². The van der Waals surface area contributed by atoms with Gasteiger partial charge in [-0.15, -0.1) is 0 Å². The average Bonchev–Trinajstić information content (AvgIpc) is 3.50. The number of allylic oxidation sites excluding steroid dienone is 1. The Kier molecular flexibility index (Phi) is 6.14. The Balaban J connectivity index is 1.59. The number of amides is 1. The number of benzene rings is 3. The molecule has 1 saturated carbocycles. The van der Waals surface area contributed by atoms with Crippen LogP contribution in [0.25, 0.3) is 38.4 Å².